The van der Waals surface area contributed by atoms with Crippen molar-refractivity contribution in [1.82, 2.24) is 4.90 Å². The van der Waals surface area contributed by atoms with E-state index < -0.39 is 5.34 Å². The van der Waals surface area contributed by atoms with Crippen LogP contribution in [0.5, 0.6) is 0 Å². The largest absolute Gasteiger partial charge is 0.383 e. The average Bonchev–Trinajstić information content (AvgIpc) is 3.06. The van der Waals surface area contributed by atoms with Crippen LogP contribution in [-0.4, -0.2) is 71.0 Å². The molecule has 0 amide bonds. The number of halogens is 1. The summed E-state index contributed by atoms with van der Waals surface area (Å²) in [5.74, 6) is 0.192. The molecule has 0 spiro atoms. The van der Waals surface area contributed by atoms with Crippen molar-refractivity contribution in [2.45, 2.75) is 36.6 Å². The van der Waals surface area contributed by atoms with Gasteiger partial charge in [0.1, 0.15) is 5.82 Å². The molecule has 31 heavy (non-hydrogen) atoms. The number of benzene rings is 2. The Morgan fingerprint density at radius 1 is 1.19 bits per heavy atom. The van der Waals surface area contributed by atoms with Gasteiger partial charge in [-0.05, 0) is 60.6 Å². The number of piperidine rings is 1. The Morgan fingerprint density at radius 3 is 2.74 bits per heavy atom. The second kappa shape index (κ2) is 7.70. The van der Waals surface area contributed by atoms with E-state index in [9.17, 15) is 9.18 Å². The lowest BCUT2D eigenvalue weighted by molar-refractivity contribution is 0.0971. The van der Waals surface area contributed by atoms with Gasteiger partial charge >= 0.3 is 0 Å². The van der Waals surface area contributed by atoms with E-state index in [0.717, 1.165) is 38.2 Å². The number of Topliss-reactive ketones (excluding diaryl/α,β-unsaturated/α-hetero) is 1. The number of hydrogen-bond donors (Lipinski definition) is 0. The average molecular weight is 413 g/mol. The number of likely N-dealkylation sites (N-methyl/N-ethyl adjacent to an activating group) is 1. The number of fused-ring (bicyclic) bond motifs is 3. The fourth-order valence-corrected chi connectivity index (χ4v) is 5.53. The summed E-state index contributed by atoms with van der Waals surface area (Å²) in [7, 11) is 14.8. The smallest absolute Gasteiger partial charge is 0.162 e. The molecule has 1 saturated heterocycles. The van der Waals surface area contributed by atoms with Crippen molar-refractivity contribution in [3.63, 3.8) is 0 Å². The number of nitrogens with zero attached hydrogens (tertiary/aromatic N) is 3. The quantitative estimate of drug-likeness (QED) is 0.557. The monoisotopic (exact) mass is 413 g/mol. The van der Waals surface area contributed by atoms with E-state index in [0.29, 0.717) is 30.5 Å². The highest BCUT2D eigenvalue weighted by atomic mass is 19.1. The van der Waals surface area contributed by atoms with Gasteiger partial charge in [-0.15, -0.1) is 0 Å². The van der Waals surface area contributed by atoms with Crippen LogP contribution in [0, 0.1) is 5.82 Å². The molecule has 3 heterocycles. The molecule has 7 heteroatoms. The zero-order chi connectivity index (χ0) is 21.8. The van der Waals surface area contributed by atoms with E-state index in [4.69, 9.17) is 15.7 Å². The summed E-state index contributed by atoms with van der Waals surface area (Å²) >= 11 is 0. The first-order valence-corrected chi connectivity index (χ1v) is 11.1. The number of likely N-dealkylation sites (tertiary alicyclic amines) is 1. The number of carbonyl (C=O) groups is 1. The third kappa shape index (κ3) is 3.57. The number of anilines is 2. The van der Waals surface area contributed by atoms with E-state index in [1.165, 1.54) is 23.4 Å². The normalized spacial score (nSPS) is 24.1. The first-order valence-electron chi connectivity index (χ1n) is 11.1. The molecule has 1 fully saturated rings. The van der Waals surface area contributed by atoms with Gasteiger partial charge < -0.3 is 14.7 Å². The summed E-state index contributed by atoms with van der Waals surface area (Å²) in [6.07, 6.45) is 2.35. The lowest BCUT2D eigenvalue weighted by Gasteiger charge is -2.50. The maximum Gasteiger partial charge on any atom is 0.162 e. The minimum atomic E-state index is -0.877. The zero-order valence-corrected chi connectivity index (χ0v) is 17.9. The van der Waals surface area contributed by atoms with Crippen LogP contribution in [0.2, 0.25) is 0 Å². The molecule has 0 aliphatic carbocycles. The first-order chi connectivity index (χ1) is 14.8. The fourth-order valence-electron chi connectivity index (χ4n) is 5.53. The Kier molecular flexibility index (Phi) is 5.12. The van der Waals surface area contributed by atoms with Crippen molar-refractivity contribution in [1.29, 1.82) is 0 Å². The summed E-state index contributed by atoms with van der Waals surface area (Å²) in [5.41, 5.74) is 4.37. The predicted molar refractivity (Wildman–Crippen MR) is 124 cm³/mol. The van der Waals surface area contributed by atoms with Gasteiger partial charge in [-0.3, -0.25) is 4.79 Å². The predicted octanol–water partition coefficient (Wildman–Crippen LogP) is 2.91. The zero-order valence-electron chi connectivity index (χ0n) is 17.9. The van der Waals surface area contributed by atoms with Crippen LogP contribution in [-0.2, 0) is 0 Å². The molecule has 156 valence electrons. The van der Waals surface area contributed by atoms with Crippen LogP contribution < -0.4 is 9.80 Å². The van der Waals surface area contributed by atoms with Crippen LogP contribution >= 0.6 is 0 Å². The van der Waals surface area contributed by atoms with Crippen LogP contribution in [0.15, 0.2) is 42.5 Å². The molecule has 4 radical (unpaired) electrons. The van der Waals surface area contributed by atoms with Crippen molar-refractivity contribution in [2.75, 3.05) is 43.0 Å². The van der Waals surface area contributed by atoms with Gasteiger partial charge in [-0.25, -0.2) is 4.39 Å². The molecule has 0 N–H and O–H groups in total. The SMILES string of the molecule is [B]C1([B])CN2c3c(cccc3N1C)[C@@H]1CN(CCCC(=O)c3ccc(F)cc3)CC[C@@H]12. The molecule has 0 saturated carbocycles. The number of rotatable bonds is 5. The van der Waals surface area contributed by atoms with Crippen molar-refractivity contribution in [3.05, 3.63) is 59.4 Å². The molecule has 3 aliphatic rings. The molecule has 2 aromatic carbocycles. The van der Waals surface area contributed by atoms with Gasteiger partial charge in [-0.2, -0.15) is 0 Å². The van der Waals surface area contributed by atoms with Crippen molar-refractivity contribution < 1.29 is 9.18 Å². The fraction of sp³-hybridized carbons (Fsp3) is 0.458. The second-order valence-electron chi connectivity index (χ2n) is 9.19. The minimum Gasteiger partial charge on any atom is -0.383 e. The number of ketones is 1. The molecule has 2 atom stereocenters. The molecular weight excluding hydrogens is 387 g/mol. The van der Waals surface area contributed by atoms with Gasteiger partial charge in [0.05, 0.1) is 27.1 Å². The van der Waals surface area contributed by atoms with Crippen molar-refractivity contribution >= 4 is 32.9 Å². The van der Waals surface area contributed by atoms with E-state index in [2.05, 4.69) is 28.0 Å². The summed E-state index contributed by atoms with van der Waals surface area (Å²) in [4.78, 5) is 19.3. The lowest BCUT2D eigenvalue weighted by Crippen LogP contribution is -2.61. The van der Waals surface area contributed by atoms with Crippen molar-refractivity contribution in [3.8, 4) is 0 Å². The van der Waals surface area contributed by atoms with Gasteiger partial charge in [0.2, 0.25) is 0 Å². The molecular formula is C24H26B2FN3O. The van der Waals surface area contributed by atoms with Gasteiger partial charge in [0, 0.05) is 50.6 Å². The van der Waals surface area contributed by atoms with Crippen LogP contribution in [0.3, 0.4) is 0 Å². The highest BCUT2D eigenvalue weighted by molar-refractivity contribution is 6.42. The van der Waals surface area contributed by atoms with Crippen LogP contribution in [0.25, 0.3) is 0 Å². The highest BCUT2D eigenvalue weighted by Crippen LogP contribution is 2.52. The van der Waals surface area contributed by atoms with E-state index in [1.807, 2.05) is 11.9 Å². The second-order valence-corrected chi connectivity index (χ2v) is 9.19. The van der Waals surface area contributed by atoms with Crippen LogP contribution in [0.4, 0.5) is 15.8 Å². The Morgan fingerprint density at radius 2 is 1.97 bits per heavy atom. The maximum atomic E-state index is 13.1. The molecule has 3 aliphatic heterocycles. The summed E-state index contributed by atoms with van der Waals surface area (Å²) in [6, 6.07) is 12.7. The van der Waals surface area contributed by atoms with Gasteiger partial charge in [0.25, 0.3) is 0 Å². The number of para-hydroxylation sites is 1. The van der Waals surface area contributed by atoms with Gasteiger partial charge in [0.15, 0.2) is 5.78 Å². The molecule has 0 unspecified atom stereocenters. The third-order valence-corrected chi connectivity index (χ3v) is 7.25. The van der Waals surface area contributed by atoms with Gasteiger partial charge in [-0.1, -0.05) is 12.1 Å². The van der Waals surface area contributed by atoms with Crippen LogP contribution in [0.1, 0.15) is 41.1 Å². The standard InChI is InChI=1S/C24H26B2FN3O/c1-28-21-5-2-4-18-19-14-29(12-3-6-22(31)16-7-9-17(27)10-8-16)13-11-20(19)30(23(18)21)15-24(28,25)26/h2,4-5,7-10,19-20H,3,6,11-15H2,1H3/t19-,20-/m0/s1. The molecule has 0 aromatic heterocycles. The Labute approximate surface area is 186 Å². The Balaban J connectivity index is 1.25. The Bertz CT molecular complexity index is 997. The summed E-state index contributed by atoms with van der Waals surface area (Å²) in [5, 5.41) is -0.877. The molecule has 4 nitrogen and oxygen atoms in total. The minimum absolute atomic E-state index is 0.0769. The summed E-state index contributed by atoms with van der Waals surface area (Å²) < 4.78 is 13.1. The molecule has 2 aromatic rings. The van der Waals surface area contributed by atoms with E-state index in [1.54, 1.807) is 12.1 Å². The maximum absolute atomic E-state index is 13.1. The van der Waals surface area contributed by atoms with Crippen molar-refractivity contribution in [2.24, 2.45) is 0 Å². The molecule has 0 bridgehead atoms. The number of hydrogen-bond acceptors (Lipinski definition) is 4. The number of carbonyl (C=O) groups excluding carboxylic acids is 1. The Hall–Kier alpha value is -2.27. The van der Waals surface area contributed by atoms with E-state index >= 15 is 0 Å². The van der Waals surface area contributed by atoms with E-state index in [-0.39, 0.29) is 11.6 Å². The topological polar surface area (TPSA) is 26.8 Å². The third-order valence-electron chi connectivity index (χ3n) is 7.25. The first kappa shape index (κ1) is 20.6. The highest BCUT2D eigenvalue weighted by Gasteiger charge is 2.47. The lowest BCUT2D eigenvalue weighted by atomic mass is 9.59. The molecule has 5 rings (SSSR count). The summed E-state index contributed by atoms with van der Waals surface area (Å²) in [6.45, 7) is 3.50.